The van der Waals surface area contributed by atoms with Crippen molar-refractivity contribution in [2.45, 2.75) is 18.2 Å². The van der Waals surface area contributed by atoms with Crippen LogP contribution < -0.4 is 9.46 Å². The van der Waals surface area contributed by atoms with Crippen LogP contribution in [0.5, 0.6) is 5.75 Å². The highest BCUT2D eigenvalue weighted by molar-refractivity contribution is 9.10. The van der Waals surface area contributed by atoms with Crippen LogP contribution in [0.4, 0.5) is 4.39 Å². The van der Waals surface area contributed by atoms with Crippen molar-refractivity contribution in [3.05, 3.63) is 58.3 Å². The number of ether oxygens (including phenoxy) is 1. The zero-order chi connectivity index (χ0) is 17.7. The fourth-order valence-electron chi connectivity index (χ4n) is 1.95. The number of benzene rings is 2. The summed E-state index contributed by atoms with van der Waals surface area (Å²) in [5.74, 6) is -0.619. The second-order valence-electron chi connectivity index (χ2n) is 4.86. The van der Waals surface area contributed by atoms with Crippen molar-refractivity contribution in [3.8, 4) is 5.75 Å². The molecule has 2 rings (SSSR count). The maximum Gasteiger partial charge on any atom is 0.264 e. The van der Waals surface area contributed by atoms with Crippen LogP contribution in [0.25, 0.3) is 0 Å². The van der Waals surface area contributed by atoms with E-state index in [0.29, 0.717) is 22.4 Å². The molecule has 0 atom stereocenters. The van der Waals surface area contributed by atoms with Crippen molar-refractivity contribution in [1.29, 1.82) is 0 Å². The molecule has 8 heteroatoms. The van der Waals surface area contributed by atoms with Gasteiger partial charge in [-0.15, -0.1) is 0 Å². The van der Waals surface area contributed by atoms with Crippen molar-refractivity contribution < 1.29 is 22.3 Å². The van der Waals surface area contributed by atoms with Crippen LogP contribution in [0.15, 0.2) is 51.8 Å². The lowest BCUT2D eigenvalue weighted by molar-refractivity contribution is -0.118. The molecule has 0 aliphatic carbocycles. The number of hydrogen-bond acceptors (Lipinski definition) is 4. The SMILES string of the molecule is CCOc1ccc(S(=O)(=O)NC(=O)Cc2ccc(F)cc2)cc1Br. The van der Waals surface area contributed by atoms with E-state index in [1.807, 2.05) is 11.6 Å². The Balaban J connectivity index is 2.11. The molecule has 0 aliphatic rings. The molecule has 0 saturated carbocycles. The molecule has 0 aliphatic heterocycles. The summed E-state index contributed by atoms with van der Waals surface area (Å²) in [5, 5.41) is 0. The normalized spacial score (nSPS) is 11.1. The zero-order valence-corrected chi connectivity index (χ0v) is 15.2. The Hall–Kier alpha value is -1.93. The predicted octanol–water partition coefficient (Wildman–Crippen LogP) is 3.03. The molecule has 128 valence electrons. The number of carbonyl (C=O) groups excluding carboxylic acids is 1. The maximum absolute atomic E-state index is 12.8. The molecule has 0 spiro atoms. The average molecular weight is 416 g/mol. The molecule has 0 fully saturated rings. The third kappa shape index (κ3) is 4.78. The second-order valence-corrected chi connectivity index (χ2v) is 7.39. The van der Waals surface area contributed by atoms with Gasteiger partial charge in [0.1, 0.15) is 11.6 Å². The number of halogens is 2. The van der Waals surface area contributed by atoms with Gasteiger partial charge in [0.25, 0.3) is 10.0 Å². The smallest absolute Gasteiger partial charge is 0.264 e. The first kappa shape index (κ1) is 18.4. The van der Waals surface area contributed by atoms with E-state index in [2.05, 4.69) is 15.9 Å². The quantitative estimate of drug-likeness (QED) is 0.786. The van der Waals surface area contributed by atoms with Crippen molar-refractivity contribution in [3.63, 3.8) is 0 Å². The third-order valence-electron chi connectivity index (χ3n) is 3.04. The molecule has 24 heavy (non-hydrogen) atoms. The minimum absolute atomic E-state index is 0.0646. The summed E-state index contributed by atoms with van der Waals surface area (Å²) in [6.07, 6.45) is -0.169. The van der Waals surface area contributed by atoms with Gasteiger partial charge >= 0.3 is 0 Å². The molecular weight excluding hydrogens is 401 g/mol. The summed E-state index contributed by atoms with van der Waals surface area (Å²) in [6.45, 7) is 2.26. The van der Waals surface area contributed by atoms with E-state index in [1.54, 1.807) is 0 Å². The lowest BCUT2D eigenvalue weighted by Crippen LogP contribution is -2.31. The zero-order valence-electron chi connectivity index (χ0n) is 12.8. The molecule has 0 saturated heterocycles. The average Bonchev–Trinajstić information content (AvgIpc) is 2.51. The number of carbonyl (C=O) groups is 1. The Labute approximate surface area is 148 Å². The van der Waals surface area contributed by atoms with Gasteiger partial charge in [-0.3, -0.25) is 4.79 Å². The fraction of sp³-hybridized carbons (Fsp3) is 0.188. The Morgan fingerprint density at radius 1 is 1.21 bits per heavy atom. The highest BCUT2D eigenvalue weighted by atomic mass is 79.9. The highest BCUT2D eigenvalue weighted by Gasteiger charge is 2.19. The van der Waals surface area contributed by atoms with Crippen LogP contribution in [0.1, 0.15) is 12.5 Å². The van der Waals surface area contributed by atoms with E-state index >= 15 is 0 Å². The van der Waals surface area contributed by atoms with Crippen LogP contribution in [0, 0.1) is 5.82 Å². The topological polar surface area (TPSA) is 72.5 Å². The summed E-state index contributed by atoms with van der Waals surface area (Å²) in [4.78, 5) is 11.9. The largest absolute Gasteiger partial charge is 0.493 e. The molecule has 2 aromatic carbocycles. The number of amides is 1. The van der Waals surface area contributed by atoms with E-state index in [4.69, 9.17) is 4.74 Å². The molecule has 2 aromatic rings. The first-order valence-corrected chi connectivity index (χ1v) is 9.32. The number of rotatable bonds is 6. The van der Waals surface area contributed by atoms with Gasteiger partial charge in [-0.05, 0) is 58.7 Å². The summed E-state index contributed by atoms with van der Waals surface area (Å²) < 4.78 is 45.1. The van der Waals surface area contributed by atoms with E-state index in [1.165, 1.54) is 42.5 Å². The van der Waals surface area contributed by atoms with E-state index < -0.39 is 21.7 Å². The Bertz CT molecular complexity index is 838. The summed E-state index contributed by atoms with van der Waals surface area (Å²) in [6, 6.07) is 9.49. The summed E-state index contributed by atoms with van der Waals surface area (Å²) in [5.41, 5.74) is 0.511. The van der Waals surface area contributed by atoms with Crippen molar-refractivity contribution in [2.24, 2.45) is 0 Å². The highest BCUT2D eigenvalue weighted by Crippen LogP contribution is 2.27. The second kappa shape index (κ2) is 7.76. The molecule has 1 amide bonds. The molecule has 1 N–H and O–H groups in total. The summed E-state index contributed by atoms with van der Waals surface area (Å²) in [7, 11) is -4.00. The minimum atomic E-state index is -4.00. The molecule has 0 unspecified atom stereocenters. The maximum atomic E-state index is 12.8. The Morgan fingerprint density at radius 3 is 2.46 bits per heavy atom. The van der Waals surface area contributed by atoms with Crippen LogP contribution in [0.3, 0.4) is 0 Å². The molecule has 0 heterocycles. The Kier molecular flexibility index (Phi) is 5.95. The van der Waals surface area contributed by atoms with Crippen molar-refractivity contribution in [1.82, 2.24) is 4.72 Å². The van der Waals surface area contributed by atoms with Crippen LogP contribution in [-0.2, 0) is 21.2 Å². The van der Waals surface area contributed by atoms with Gasteiger partial charge in [0, 0.05) is 0 Å². The van der Waals surface area contributed by atoms with E-state index in [-0.39, 0.29) is 11.3 Å². The van der Waals surface area contributed by atoms with Gasteiger partial charge in [-0.25, -0.2) is 17.5 Å². The third-order valence-corrected chi connectivity index (χ3v) is 5.03. The standard InChI is InChI=1S/C16H15BrFNO4S/c1-2-23-15-8-7-13(10-14(15)17)24(21,22)19-16(20)9-11-3-5-12(18)6-4-11/h3-8,10H,2,9H2,1H3,(H,19,20). The molecule has 0 bridgehead atoms. The number of sulfonamides is 1. The molecular formula is C16H15BrFNO4S. The van der Waals surface area contributed by atoms with Gasteiger partial charge in [-0.2, -0.15) is 0 Å². The van der Waals surface area contributed by atoms with Crippen LogP contribution >= 0.6 is 15.9 Å². The van der Waals surface area contributed by atoms with E-state index in [0.717, 1.165) is 0 Å². The molecule has 5 nitrogen and oxygen atoms in total. The molecule has 0 radical (unpaired) electrons. The lowest BCUT2D eigenvalue weighted by atomic mass is 10.1. The minimum Gasteiger partial charge on any atom is -0.493 e. The van der Waals surface area contributed by atoms with E-state index in [9.17, 15) is 17.6 Å². The van der Waals surface area contributed by atoms with Crippen molar-refractivity contribution >= 4 is 31.9 Å². The first-order chi connectivity index (χ1) is 11.3. The number of nitrogens with one attached hydrogen (secondary N) is 1. The predicted molar refractivity (Wildman–Crippen MR) is 90.7 cm³/mol. The fourth-order valence-corrected chi connectivity index (χ4v) is 3.61. The lowest BCUT2D eigenvalue weighted by Gasteiger charge is -2.10. The molecule has 0 aromatic heterocycles. The van der Waals surface area contributed by atoms with Gasteiger partial charge in [-0.1, -0.05) is 12.1 Å². The monoisotopic (exact) mass is 415 g/mol. The first-order valence-electron chi connectivity index (χ1n) is 7.04. The van der Waals surface area contributed by atoms with Crippen LogP contribution in [-0.4, -0.2) is 20.9 Å². The van der Waals surface area contributed by atoms with Gasteiger partial charge in [0.05, 0.1) is 22.4 Å². The van der Waals surface area contributed by atoms with Crippen molar-refractivity contribution in [2.75, 3.05) is 6.61 Å². The van der Waals surface area contributed by atoms with Gasteiger partial charge in [0.15, 0.2) is 0 Å². The van der Waals surface area contributed by atoms with Gasteiger partial charge < -0.3 is 4.74 Å². The van der Waals surface area contributed by atoms with Gasteiger partial charge in [0.2, 0.25) is 5.91 Å². The summed E-state index contributed by atoms with van der Waals surface area (Å²) >= 11 is 3.23. The Morgan fingerprint density at radius 2 is 1.88 bits per heavy atom. The number of hydrogen-bond donors (Lipinski definition) is 1. The van der Waals surface area contributed by atoms with Crippen LogP contribution in [0.2, 0.25) is 0 Å².